The van der Waals surface area contributed by atoms with Gasteiger partial charge in [-0.15, -0.1) is 0 Å². The van der Waals surface area contributed by atoms with E-state index in [1.807, 2.05) is 0 Å². The monoisotopic (exact) mass is 1030 g/mol. The molecular weight excluding hydrogens is 963 g/mol. The van der Waals surface area contributed by atoms with E-state index in [2.05, 4.69) is 10.6 Å². The molecule has 0 saturated carbocycles. The molecule has 27 heteroatoms. The maximum atomic E-state index is 12.7. The van der Waals surface area contributed by atoms with Crippen molar-refractivity contribution in [2.24, 2.45) is 0 Å². The van der Waals surface area contributed by atoms with Crippen molar-refractivity contribution >= 4 is 35.5 Å². The molecule has 5 amide bonds. The summed E-state index contributed by atoms with van der Waals surface area (Å²) in [5, 5.41) is 115. The molecule has 12 atom stereocenters. The molecule has 0 spiro atoms. The molecule has 3 fully saturated rings. The molecule has 72 heavy (non-hydrogen) atoms. The van der Waals surface area contributed by atoms with Crippen LogP contribution < -0.4 is 10.6 Å². The molecule has 3 aliphatic heterocycles. The number of hydrogen-bond donors (Lipinski definition) is 13. The number of hydroxylamine groups is 6. The average molecular weight is 1030 g/mol. The van der Waals surface area contributed by atoms with E-state index in [4.69, 9.17) is 23.7 Å². The Morgan fingerprint density at radius 3 is 1.33 bits per heavy atom. The Bertz CT molecular complexity index is 1910. The number of piperazine rings is 1. The van der Waals surface area contributed by atoms with Gasteiger partial charge in [-0.2, -0.15) is 0 Å². The second-order valence-electron chi connectivity index (χ2n) is 17.5. The summed E-state index contributed by atoms with van der Waals surface area (Å²) in [6.07, 6.45) is -7.45. The minimum atomic E-state index is -1.60. The number of nitrogens with one attached hydrogen (secondary N) is 2. The first-order chi connectivity index (χ1) is 34.1. The van der Waals surface area contributed by atoms with Crippen LogP contribution in [0.3, 0.4) is 0 Å². The molecule has 0 bridgehead atoms. The Labute approximate surface area is 415 Å². The first-order valence-corrected chi connectivity index (χ1v) is 23.4. The molecule has 408 valence electrons. The molecule has 0 unspecified atom stereocenters. The lowest BCUT2D eigenvalue weighted by Crippen LogP contribution is -2.61. The molecular formula is C45H71N5O22. The van der Waals surface area contributed by atoms with Gasteiger partial charge in [0.05, 0.1) is 39.6 Å². The van der Waals surface area contributed by atoms with Crippen molar-refractivity contribution in [2.75, 3.05) is 52.7 Å². The highest BCUT2D eigenvalue weighted by Crippen LogP contribution is 2.24. The van der Waals surface area contributed by atoms with Crippen LogP contribution in [0.5, 0.6) is 0 Å². The number of aliphatic hydroxyl groups excluding tert-OH is 8. The molecule has 0 aromatic heterocycles. The van der Waals surface area contributed by atoms with Crippen LogP contribution >= 0.6 is 0 Å². The quantitative estimate of drug-likeness (QED) is 0.0155. The lowest BCUT2D eigenvalue weighted by Gasteiger charge is -2.39. The third kappa shape index (κ3) is 19.9. The van der Waals surface area contributed by atoms with Gasteiger partial charge in [0, 0.05) is 43.8 Å². The molecule has 0 radical (unpaired) electrons. The van der Waals surface area contributed by atoms with Crippen molar-refractivity contribution < 1.29 is 109 Å². The summed E-state index contributed by atoms with van der Waals surface area (Å²) < 4.78 is 26.4. The van der Waals surface area contributed by atoms with Crippen LogP contribution in [-0.4, -0.2) is 233 Å². The van der Waals surface area contributed by atoms with E-state index in [1.54, 1.807) is 20.8 Å². The highest BCUT2D eigenvalue weighted by Gasteiger charge is 2.45. The second kappa shape index (κ2) is 31.0. The molecule has 0 aromatic rings. The van der Waals surface area contributed by atoms with Crippen molar-refractivity contribution in [2.45, 2.75) is 146 Å². The van der Waals surface area contributed by atoms with Crippen molar-refractivity contribution in [1.29, 1.82) is 0 Å². The molecule has 0 aromatic carbocycles. The van der Waals surface area contributed by atoms with Gasteiger partial charge in [0.1, 0.15) is 60.9 Å². The SMILES string of the molecule is C/C(=C\C(=O)N(O)CCC[C@@H]1NC(=O)[C@H](CCCN(O)C(=O)/C=C(\C)CCO[C@@H]2O[C@H](CO)[C@@H](O)[C@H](O)[C@@H]2O)NC1=O)CCOC(=O)/C=C/CCN(O)C(=O)/C=C(\C)CCO[C@@H]1O[C@H](CO)[C@@H](O)[C@H](O)[C@@H]1O. The first kappa shape index (κ1) is 61.5. The molecule has 3 rings (SSSR count). The molecule has 0 aliphatic carbocycles. The van der Waals surface area contributed by atoms with E-state index in [1.165, 1.54) is 6.08 Å². The van der Waals surface area contributed by atoms with Crippen LogP contribution in [0.25, 0.3) is 0 Å². The number of aliphatic hydroxyl groups is 8. The van der Waals surface area contributed by atoms with Crippen LogP contribution in [0, 0.1) is 0 Å². The predicted octanol–water partition coefficient (Wildman–Crippen LogP) is -3.68. The summed E-state index contributed by atoms with van der Waals surface area (Å²) in [4.78, 5) is 75.0. The van der Waals surface area contributed by atoms with Crippen LogP contribution in [0.4, 0.5) is 0 Å². The third-order valence-corrected chi connectivity index (χ3v) is 11.6. The number of carbonyl (C=O) groups is 6. The van der Waals surface area contributed by atoms with Gasteiger partial charge in [0.2, 0.25) is 11.8 Å². The van der Waals surface area contributed by atoms with E-state index in [9.17, 15) is 85.2 Å². The molecule has 3 aliphatic rings. The number of rotatable bonds is 28. The van der Waals surface area contributed by atoms with Gasteiger partial charge in [-0.1, -0.05) is 22.8 Å². The van der Waals surface area contributed by atoms with Gasteiger partial charge in [0.15, 0.2) is 12.6 Å². The Balaban J connectivity index is 1.25. The van der Waals surface area contributed by atoms with Gasteiger partial charge in [-0.3, -0.25) is 39.6 Å². The van der Waals surface area contributed by atoms with Crippen molar-refractivity contribution in [1.82, 2.24) is 25.8 Å². The Morgan fingerprint density at radius 2 is 0.944 bits per heavy atom. The number of ether oxygens (including phenoxy) is 5. The minimum absolute atomic E-state index is 0.0626. The van der Waals surface area contributed by atoms with E-state index < -0.39 is 122 Å². The van der Waals surface area contributed by atoms with Gasteiger partial charge in [0.25, 0.3) is 17.7 Å². The number of amides is 5. The Hall–Kier alpha value is -4.82. The number of carbonyl (C=O) groups excluding carboxylic acids is 6. The largest absolute Gasteiger partial charge is 0.462 e. The lowest BCUT2D eigenvalue weighted by atomic mass is 9.99. The highest BCUT2D eigenvalue weighted by molar-refractivity contribution is 5.97. The summed E-state index contributed by atoms with van der Waals surface area (Å²) in [7, 11) is 0. The predicted molar refractivity (Wildman–Crippen MR) is 242 cm³/mol. The van der Waals surface area contributed by atoms with Gasteiger partial charge >= 0.3 is 5.97 Å². The summed E-state index contributed by atoms with van der Waals surface area (Å²) in [6.45, 7) is 2.76. The Morgan fingerprint density at radius 1 is 0.569 bits per heavy atom. The maximum absolute atomic E-state index is 12.7. The Kier molecular flexibility index (Phi) is 26.5. The molecule has 27 nitrogen and oxygen atoms in total. The standard InChI is InChI=1S/C45H71N5O22/c1-25(11-17-68-35(56)10-4-5-14-48(65)32(53)21-26(2)12-18-69-44-40(61)38(59)36(57)30(23-51)71-44)20-33(54)49(66)15-6-8-28-42(63)47-29(43(64)46-28)9-7-16-50(67)34(55)22-27(3)13-19-70-45-41(62)39(60)37(58)31(24-52)72-45/h4,10,20-22,28-31,36-41,44-45,51-52,57-62,65-67H,5-9,11-19,23-24H2,1-3H3,(H,46,64)(H,47,63)/b10-4+,25-20+,26-21+,27-22+/t28-,29-,30+,31+,36+,37+,38-,39-,40-,41-,44+,45+/m0/s1. The fourth-order valence-electron chi connectivity index (χ4n) is 7.20. The fraction of sp³-hybridized carbons (Fsp3) is 0.689. The maximum Gasteiger partial charge on any atom is 0.330 e. The van der Waals surface area contributed by atoms with Gasteiger partial charge in [-0.25, -0.2) is 20.0 Å². The van der Waals surface area contributed by atoms with Gasteiger partial charge in [-0.05, 0) is 65.7 Å². The molecule has 3 saturated heterocycles. The van der Waals surface area contributed by atoms with Crippen molar-refractivity contribution in [3.8, 4) is 0 Å². The zero-order chi connectivity index (χ0) is 53.7. The third-order valence-electron chi connectivity index (χ3n) is 11.6. The van der Waals surface area contributed by atoms with Crippen LogP contribution in [0.1, 0.15) is 72.1 Å². The highest BCUT2D eigenvalue weighted by atomic mass is 16.7. The molecule has 13 N–H and O–H groups in total. The number of hydrogen-bond acceptors (Lipinski definition) is 22. The smallest absolute Gasteiger partial charge is 0.330 e. The van der Waals surface area contributed by atoms with E-state index in [0.717, 1.165) is 24.3 Å². The van der Waals surface area contributed by atoms with E-state index >= 15 is 0 Å². The minimum Gasteiger partial charge on any atom is -0.462 e. The summed E-state index contributed by atoms with van der Waals surface area (Å²) in [6, 6.07) is -1.89. The summed E-state index contributed by atoms with van der Waals surface area (Å²) in [5.41, 5.74) is 1.44. The summed E-state index contributed by atoms with van der Waals surface area (Å²) in [5.74, 6) is -4.01. The van der Waals surface area contributed by atoms with Crippen molar-refractivity contribution in [3.63, 3.8) is 0 Å². The van der Waals surface area contributed by atoms with Crippen LogP contribution in [-0.2, 0) is 52.5 Å². The normalized spacial score (nSPS) is 28.3. The molecule has 3 heterocycles. The number of esters is 1. The lowest BCUT2D eigenvalue weighted by molar-refractivity contribution is -0.300. The van der Waals surface area contributed by atoms with Crippen LogP contribution in [0.2, 0.25) is 0 Å². The van der Waals surface area contributed by atoms with Gasteiger partial charge < -0.3 is 75.2 Å². The topological polar surface area (TPSA) is 405 Å². The van der Waals surface area contributed by atoms with Crippen LogP contribution in [0.15, 0.2) is 47.1 Å². The zero-order valence-electron chi connectivity index (χ0n) is 40.4. The number of nitrogens with zero attached hydrogens (tertiary/aromatic N) is 3. The zero-order valence-corrected chi connectivity index (χ0v) is 40.4. The second-order valence-corrected chi connectivity index (χ2v) is 17.5. The van der Waals surface area contributed by atoms with E-state index in [-0.39, 0.29) is 90.8 Å². The van der Waals surface area contributed by atoms with E-state index in [0.29, 0.717) is 31.9 Å². The average Bonchev–Trinajstić information content (AvgIpc) is 3.33. The first-order valence-electron chi connectivity index (χ1n) is 23.4. The fourth-order valence-corrected chi connectivity index (χ4v) is 7.20. The summed E-state index contributed by atoms with van der Waals surface area (Å²) >= 11 is 0. The van der Waals surface area contributed by atoms with Crippen molar-refractivity contribution in [3.05, 3.63) is 47.1 Å².